The van der Waals surface area contributed by atoms with Crippen LogP contribution in [0.3, 0.4) is 0 Å². The molecule has 8 nitrogen and oxygen atoms in total. The summed E-state index contributed by atoms with van der Waals surface area (Å²) in [6.45, 7) is 0.481. The summed E-state index contributed by atoms with van der Waals surface area (Å²) >= 11 is 0. The van der Waals surface area contributed by atoms with Crippen molar-refractivity contribution in [2.75, 3.05) is 13.2 Å². The number of hydrogen-bond donors (Lipinski definition) is 2. The first-order valence-electron chi connectivity index (χ1n) is 10.7. The second-order valence-electron chi connectivity index (χ2n) is 7.79. The van der Waals surface area contributed by atoms with Crippen molar-refractivity contribution in [1.29, 1.82) is 0 Å². The number of ether oxygens (including phenoxy) is 1. The lowest BCUT2D eigenvalue weighted by Gasteiger charge is -2.14. The summed E-state index contributed by atoms with van der Waals surface area (Å²) in [7, 11) is 0. The van der Waals surface area contributed by atoms with E-state index in [-0.39, 0.29) is 41.6 Å². The maximum Gasteiger partial charge on any atom is 0.407 e. The number of carbonyl (C=O) groups is 2. The number of carbonyl (C=O) groups excluding carboxylic acids is 2. The van der Waals surface area contributed by atoms with E-state index < -0.39 is 11.0 Å². The molecule has 3 aromatic rings. The number of aldehydes is 1. The average molecular weight is 458 g/mol. The second kappa shape index (κ2) is 9.99. The van der Waals surface area contributed by atoms with Gasteiger partial charge in [0.2, 0.25) is 0 Å². The number of amides is 1. The zero-order valence-corrected chi connectivity index (χ0v) is 18.1. The Bertz CT molecular complexity index is 1240. The number of fused-ring (bicyclic) bond motifs is 3. The number of nitrogens with one attached hydrogen (secondary N) is 1. The number of phenols is 1. The van der Waals surface area contributed by atoms with Crippen LogP contribution in [0.15, 0.2) is 66.7 Å². The number of nitro benzene ring substituents is 1. The molecule has 0 radical (unpaired) electrons. The molecule has 1 aliphatic rings. The Morgan fingerprint density at radius 3 is 2.29 bits per heavy atom. The normalized spacial score (nSPS) is 12.2. The Balaban J connectivity index is 1.31. The van der Waals surface area contributed by atoms with Gasteiger partial charge in [-0.25, -0.2) is 4.79 Å². The van der Waals surface area contributed by atoms with E-state index in [9.17, 15) is 24.8 Å². The van der Waals surface area contributed by atoms with Gasteiger partial charge in [-0.15, -0.1) is 0 Å². The van der Waals surface area contributed by atoms with Crippen LogP contribution in [-0.4, -0.2) is 35.6 Å². The fourth-order valence-corrected chi connectivity index (χ4v) is 4.10. The van der Waals surface area contributed by atoms with Crippen molar-refractivity contribution in [3.63, 3.8) is 0 Å². The van der Waals surface area contributed by atoms with Crippen LogP contribution in [0.5, 0.6) is 5.75 Å². The molecule has 0 unspecified atom stereocenters. The quantitative estimate of drug-likeness (QED) is 0.211. The van der Waals surface area contributed by atoms with Crippen LogP contribution in [0.1, 0.15) is 39.4 Å². The number of rotatable bonds is 8. The third kappa shape index (κ3) is 4.66. The van der Waals surface area contributed by atoms with Crippen LogP contribution >= 0.6 is 0 Å². The van der Waals surface area contributed by atoms with Crippen molar-refractivity contribution in [2.24, 2.45) is 0 Å². The highest BCUT2D eigenvalue weighted by Gasteiger charge is 2.28. The molecule has 1 amide bonds. The lowest BCUT2D eigenvalue weighted by Crippen LogP contribution is -2.26. The van der Waals surface area contributed by atoms with Crippen molar-refractivity contribution in [3.05, 3.63) is 99.1 Å². The lowest BCUT2D eigenvalue weighted by molar-refractivity contribution is -0.384. The lowest BCUT2D eigenvalue weighted by atomic mass is 9.98. The number of nitrogens with zero attached hydrogens (tertiary/aromatic N) is 1. The minimum atomic E-state index is -0.636. The molecule has 0 saturated carbocycles. The van der Waals surface area contributed by atoms with E-state index in [1.165, 1.54) is 12.1 Å². The third-order valence-corrected chi connectivity index (χ3v) is 5.71. The molecule has 0 aromatic heterocycles. The van der Waals surface area contributed by atoms with Gasteiger partial charge in [-0.3, -0.25) is 14.9 Å². The van der Waals surface area contributed by atoms with Gasteiger partial charge >= 0.3 is 6.09 Å². The number of nitro groups is 1. The molecule has 4 rings (SSSR count). The summed E-state index contributed by atoms with van der Waals surface area (Å²) < 4.78 is 5.47. The highest BCUT2D eigenvalue weighted by molar-refractivity contribution is 5.84. The maximum absolute atomic E-state index is 12.2. The zero-order chi connectivity index (χ0) is 24.1. The largest absolute Gasteiger partial charge is 0.507 e. The smallest absolute Gasteiger partial charge is 0.407 e. The van der Waals surface area contributed by atoms with Crippen LogP contribution < -0.4 is 5.32 Å². The van der Waals surface area contributed by atoms with Crippen molar-refractivity contribution >= 4 is 24.1 Å². The fourth-order valence-electron chi connectivity index (χ4n) is 4.10. The van der Waals surface area contributed by atoms with Crippen LogP contribution in [-0.2, 0) is 4.74 Å². The molecule has 0 saturated heterocycles. The molecule has 8 heteroatoms. The van der Waals surface area contributed by atoms with Gasteiger partial charge in [-0.2, -0.15) is 0 Å². The van der Waals surface area contributed by atoms with E-state index in [1.54, 1.807) is 6.08 Å². The van der Waals surface area contributed by atoms with Gasteiger partial charge in [0.25, 0.3) is 5.69 Å². The predicted octanol–water partition coefficient (Wildman–Crippen LogP) is 5.05. The molecule has 0 fully saturated rings. The first-order valence-corrected chi connectivity index (χ1v) is 10.7. The van der Waals surface area contributed by atoms with E-state index in [0.717, 1.165) is 28.3 Å². The molecule has 0 spiro atoms. The second-order valence-corrected chi connectivity index (χ2v) is 7.79. The van der Waals surface area contributed by atoms with E-state index in [0.29, 0.717) is 12.7 Å². The first-order chi connectivity index (χ1) is 16.5. The summed E-state index contributed by atoms with van der Waals surface area (Å²) in [6, 6.07) is 18.4. The summed E-state index contributed by atoms with van der Waals surface area (Å²) in [6.07, 6.45) is 3.31. The third-order valence-electron chi connectivity index (χ3n) is 5.71. The average Bonchev–Trinajstić information content (AvgIpc) is 3.17. The van der Waals surface area contributed by atoms with Gasteiger partial charge in [0.15, 0.2) is 6.29 Å². The summed E-state index contributed by atoms with van der Waals surface area (Å²) in [4.78, 5) is 33.6. The van der Waals surface area contributed by atoms with Gasteiger partial charge in [-0.1, -0.05) is 60.7 Å². The first kappa shape index (κ1) is 22.7. The number of benzene rings is 3. The number of alkyl carbamates (subject to hydrolysis) is 1. The zero-order valence-electron chi connectivity index (χ0n) is 18.1. The number of aromatic hydroxyl groups is 1. The standard InChI is InChI=1S/C26H22N2O6/c29-15-18-14-19(28(32)33)13-17(25(18)30)7-5-6-12-27-26(31)34-16-24-22-10-3-1-8-20(22)21-9-2-4-11-23(21)24/h1-5,7-11,13-15,24,30H,6,12,16H2,(H,27,31). The SMILES string of the molecule is O=Cc1cc([N+](=O)[O-])cc(C=CCCNC(=O)OCC2c3ccccc3-c3ccccc32)c1O. The Labute approximate surface area is 195 Å². The van der Waals surface area contributed by atoms with Gasteiger partial charge in [-0.05, 0) is 28.7 Å². The predicted molar refractivity (Wildman–Crippen MR) is 127 cm³/mol. The topological polar surface area (TPSA) is 119 Å². The Kier molecular flexibility index (Phi) is 6.68. The monoisotopic (exact) mass is 458 g/mol. The molecule has 34 heavy (non-hydrogen) atoms. The molecule has 0 bridgehead atoms. The van der Waals surface area contributed by atoms with Crippen molar-refractivity contribution in [1.82, 2.24) is 5.32 Å². The maximum atomic E-state index is 12.2. The van der Waals surface area contributed by atoms with E-state index in [1.807, 2.05) is 36.4 Å². The molecule has 1 aliphatic carbocycles. The fraction of sp³-hybridized carbons (Fsp3) is 0.154. The summed E-state index contributed by atoms with van der Waals surface area (Å²) in [5.74, 6) is -0.358. The van der Waals surface area contributed by atoms with Gasteiger partial charge < -0.3 is 15.2 Å². The van der Waals surface area contributed by atoms with Crippen LogP contribution in [0.25, 0.3) is 17.2 Å². The van der Waals surface area contributed by atoms with Gasteiger partial charge in [0, 0.05) is 30.2 Å². The minimum absolute atomic E-state index is 0.0260. The Hall–Kier alpha value is -4.46. The molecule has 0 heterocycles. The Morgan fingerprint density at radius 2 is 1.68 bits per heavy atom. The molecule has 0 aliphatic heterocycles. The van der Waals surface area contributed by atoms with Crippen LogP contribution in [0.2, 0.25) is 0 Å². The van der Waals surface area contributed by atoms with Crippen molar-refractivity contribution in [3.8, 4) is 16.9 Å². The van der Waals surface area contributed by atoms with E-state index in [4.69, 9.17) is 4.74 Å². The molecule has 2 N–H and O–H groups in total. The summed E-state index contributed by atoms with van der Waals surface area (Å²) in [5.41, 5.74) is 4.26. The molecule has 3 aromatic carbocycles. The Morgan fingerprint density at radius 1 is 1.06 bits per heavy atom. The number of non-ortho nitro benzene ring substituents is 1. The highest BCUT2D eigenvalue weighted by atomic mass is 16.6. The van der Waals surface area contributed by atoms with Crippen LogP contribution in [0, 0.1) is 10.1 Å². The molecule has 0 atom stereocenters. The van der Waals surface area contributed by atoms with Crippen LogP contribution in [0.4, 0.5) is 10.5 Å². The minimum Gasteiger partial charge on any atom is -0.507 e. The molecule has 172 valence electrons. The summed E-state index contributed by atoms with van der Waals surface area (Å²) in [5, 5.41) is 23.7. The molecular formula is C26H22N2O6. The van der Waals surface area contributed by atoms with E-state index in [2.05, 4.69) is 17.4 Å². The number of hydrogen-bond acceptors (Lipinski definition) is 6. The van der Waals surface area contributed by atoms with Crippen molar-refractivity contribution < 1.29 is 24.4 Å². The van der Waals surface area contributed by atoms with Gasteiger partial charge in [0.1, 0.15) is 12.4 Å². The molecular weight excluding hydrogens is 436 g/mol. The van der Waals surface area contributed by atoms with E-state index >= 15 is 0 Å². The highest BCUT2D eigenvalue weighted by Crippen LogP contribution is 2.44. The van der Waals surface area contributed by atoms with Crippen molar-refractivity contribution in [2.45, 2.75) is 12.3 Å². The number of phenolic OH excluding ortho intramolecular Hbond substituents is 1. The van der Waals surface area contributed by atoms with Gasteiger partial charge in [0.05, 0.1) is 10.5 Å².